The summed E-state index contributed by atoms with van der Waals surface area (Å²) < 4.78 is 10.5. The molecule has 1 amide bonds. The minimum atomic E-state index is -0.231. The molecule has 1 fully saturated rings. The van der Waals surface area contributed by atoms with Gasteiger partial charge in [0, 0.05) is 12.6 Å². The molecule has 1 aliphatic rings. The second kappa shape index (κ2) is 11.6. The van der Waals surface area contributed by atoms with E-state index in [4.69, 9.17) is 9.47 Å². The quantitative estimate of drug-likeness (QED) is 0.481. The molecule has 0 unspecified atom stereocenters. The summed E-state index contributed by atoms with van der Waals surface area (Å²) >= 11 is 0. The number of rotatable bonds is 9. The van der Waals surface area contributed by atoms with Crippen LogP contribution < -0.4 is 4.74 Å². The molecule has 0 aliphatic heterocycles. The lowest BCUT2D eigenvalue weighted by molar-refractivity contribution is -0.144. The highest BCUT2D eigenvalue weighted by Crippen LogP contribution is 2.23. The van der Waals surface area contributed by atoms with Crippen molar-refractivity contribution in [2.24, 2.45) is 0 Å². The first-order chi connectivity index (χ1) is 13.1. The third-order valence-corrected chi connectivity index (χ3v) is 5.04. The Kier molecular flexibility index (Phi) is 9.16. The van der Waals surface area contributed by atoms with E-state index in [2.05, 4.69) is 0 Å². The van der Waals surface area contributed by atoms with Crippen LogP contribution in [-0.2, 0) is 20.7 Å². The highest BCUT2D eigenvalue weighted by Gasteiger charge is 2.25. The Balaban J connectivity index is 2.02. The molecule has 1 aromatic rings. The van der Waals surface area contributed by atoms with Crippen LogP contribution >= 0.6 is 0 Å². The number of hydrogen-bond donors (Lipinski definition) is 0. The van der Waals surface area contributed by atoms with Crippen LogP contribution in [0.5, 0.6) is 5.75 Å². The van der Waals surface area contributed by atoms with E-state index in [1.165, 1.54) is 12.8 Å². The molecule has 150 valence electrons. The fourth-order valence-electron chi connectivity index (χ4n) is 3.67. The molecule has 0 N–H and O–H groups in total. The molecule has 0 saturated heterocycles. The summed E-state index contributed by atoms with van der Waals surface area (Å²) in [5.74, 6) is 0.678. The molecule has 27 heavy (non-hydrogen) atoms. The van der Waals surface area contributed by atoms with Crippen molar-refractivity contribution in [1.29, 1.82) is 0 Å². The Bertz CT molecular complexity index is 576. The highest BCUT2D eigenvalue weighted by atomic mass is 16.5. The number of esters is 1. The van der Waals surface area contributed by atoms with Gasteiger partial charge in [-0.15, -0.1) is 0 Å². The van der Waals surface area contributed by atoms with E-state index < -0.39 is 0 Å². The second-order valence-corrected chi connectivity index (χ2v) is 7.04. The molecular weight excluding hydrogens is 342 g/mol. The molecule has 0 aromatic heterocycles. The number of hydrogen-bond acceptors (Lipinski definition) is 4. The first kappa shape index (κ1) is 21.3. The van der Waals surface area contributed by atoms with Gasteiger partial charge in [-0.05, 0) is 44.4 Å². The van der Waals surface area contributed by atoms with Gasteiger partial charge in [-0.2, -0.15) is 0 Å². The van der Waals surface area contributed by atoms with Gasteiger partial charge >= 0.3 is 5.97 Å². The summed E-state index contributed by atoms with van der Waals surface area (Å²) in [6.45, 7) is 5.20. The molecule has 0 spiro atoms. The topological polar surface area (TPSA) is 55.8 Å². The summed E-state index contributed by atoms with van der Waals surface area (Å²) in [4.78, 5) is 26.8. The van der Waals surface area contributed by atoms with Crippen molar-refractivity contribution in [3.63, 3.8) is 0 Å². The van der Waals surface area contributed by atoms with Gasteiger partial charge in [0.05, 0.1) is 26.1 Å². The van der Waals surface area contributed by atoms with Gasteiger partial charge < -0.3 is 14.4 Å². The minimum Gasteiger partial charge on any atom is -0.494 e. The lowest BCUT2D eigenvalue weighted by atomic mass is 10.0. The van der Waals surface area contributed by atoms with Gasteiger partial charge in [0.1, 0.15) is 5.75 Å². The van der Waals surface area contributed by atoms with Crippen LogP contribution in [0.3, 0.4) is 0 Å². The maximum absolute atomic E-state index is 13.0. The Morgan fingerprint density at radius 3 is 2.26 bits per heavy atom. The molecular formula is C22H33NO4. The van der Waals surface area contributed by atoms with E-state index in [9.17, 15) is 9.59 Å². The van der Waals surface area contributed by atoms with Crippen molar-refractivity contribution < 1.29 is 19.1 Å². The number of carbonyl (C=O) groups is 2. The Morgan fingerprint density at radius 1 is 1.00 bits per heavy atom. The van der Waals surface area contributed by atoms with Gasteiger partial charge in [-0.25, -0.2) is 0 Å². The average Bonchev–Trinajstić information content (AvgIpc) is 2.93. The van der Waals surface area contributed by atoms with Crippen molar-refractivity contribution in [1.82, 2.24) is 4.90 Å². The Morgan fingerprint density at radius 2 is 1.67 bits per heavy atom. The predicted molar refractivity (Wildman–Crippen MR) is 106 cm³/mol. The van der Waals surface area contributed by atoms with Crippen LogP contribution in [0.2, 0.25) is 0 Å². The van der Waals surface area contributed by atoms with Crippen LogP contribution in [0.4, 0.5) is 0 Å². The molecule has 1 aliphatic carbocycles. The van der Waals surface area contributed by atoms with Gasteiger partial charge in [0.2, 0.25) is 5.91 Å². The fraction of sp³-hybridized carbons (Fsp3) is 0.636. The van der Waals surface area contributed by atoms with Gasteiger partial charge in [-0.3, -0.25) is 9.59 Å². The lowest BCUT2D eigenvalue weighted by Gasteiger charge is -2.31. The molecule has 0 heterocycles. The zero-order valence-electron chi connectivity index (χ0n) is 16.7. The van der Waals surface area contributed by atoms with Crippen molar-refractivity contribution in [2.45, 2.75) is 71.3 Å². The maximum Gasteiger partial charge on any atom is 0.307 e. The van der Waals surface area contributed by atoms with Crippen molar-refractivity contribution >= 4 is 11.9 Å². The van der Waals surface area contributed by atoms with Crippen LogP contribution in [0, 0.1) is 0 Å². The second-order valence-electron chi connectivity index (χ2n) is 7.04. The minimum absolute atomic E-state index is 0.0929. The van der Waals surface area contributed by atoms with Gasteiger partial charge in [-0.1, -0.05) is 37.8 Å². The normalized spacial score (nSPS) is 15.0. The summed E-state index contributed by atoms with van der Waals surface area (Å²) in [5, 5.41) is 0. The Labute approximate surface area is 163 Å². The number of ether oxygens (including phenoxy) is 2. The molecule has 0 bridgehead atoms. The molecule has 0 atom stereocenters. The van der Waals surface area contributed by atoms with E-state index in [0.29, 0.717) is 26.2 Å². The van der Waals surface area contributed by atoms with Gasteiger partial charge in [0.15, 0.2) is 0 Å². The molecule has 5 heteroatoms. The fourth-order valence-corrected chi connectivity index (χ4v) is 3.67. The summed E-state index contributed by atoms with van der Waals surface area (Å²) in [6, 6.07) is 7.93. The number of carbonyl (C=O) groups excluding carboxylic acids is 2. The molecule has 1 saturated carbocycles. The van der Waals surface area contributed by atoms with Crippen LogP contribution in [0.15, 0.2) is 24.3 Å². The molecule has 2 rings (SSSR count). The monoisotopic (exact) mass is 375 g/mol. The Hall–Kier alpha value is -2.04. The zero-order chi connectivity index (χ0) is 19.5. The average molecular weight is 376 g/mol. The van der Waals surface area contributed by atoms with E-state index in [1.54, 1.807) is 6.92 Å². The summed E-state index contributed by atoms with van der Waals surface area (Å²) in [6.07, 6.45) is 7.43. The van der Waals surface area contributed by atoms with Crippen molar-refractivity contribution in [3.8, 4) is 5.75 Å². The van der Waals surface area contributed by atoms with Crippen molar-refractivity contribution in [2.75, 3.05) is 19.8 Å². The molecule has 5 nitrogen and oxygen atoms in total. The maximum atomic E-state index is 13.0. The van der Waals surface area contributed by atoms with E-state index in [0.717, 1.165) is 37.0 Å². The number of amides is 1. The summed E-state index contributed by atoms with van der Waals surface area (Å²) in [7, 11) is 0. The smallest absolute Gasteiger partial charge is 0.307 e. The standard InChI is InChI=1S/C22H33NO4/c1-3-26-20-13-11-18(12-14-20)17-21(24)23(16-15-22(25)27-4-2)19-9-7-5-6-8-10-19/h11-14,19H,3-10,15-17H2,1-2H3. The zero-order valence-corrected chi connectivity index (χ0v) is 16.7. The molecule has 1 aromatic carbocycles. The van der Waals surface area contributed by atoms with E-state index >= 15 is 0 Å². The third kappa shape index (κ3) is 7.24. The van der Waals surface area contributed by atoms with Crippen LogP contribution in [0.1, 0.15) is 64.4 Å². The number of nitrogens with zero attached hydrogens (tertiary/aromatic N) is 1. The van der Waals surface area contributed by atoms with Gasteiger partial charge in [0.25, 0.3) is 0 Å². The summed E-state index contributed by atoms with van der Waals surface area (Å²) in [5.41, 5.74) is 0.971. The van der Waals surface area contributed by atoms with Crippen LogP contribution in [-0.4, -0.2) is 42.6 Å². The first-order valence-electron chi connectivity index (χ1n) is 10.3. The number of benzene rings is 1. The highest BCUT2D eigenvalue weighted by molar-refractivity contribution is 5.80. The lowest BCUT2D eigenvalue weighted by Crippen LogP contribution is -2.42. The van der Waals surface area contributed by atoms with E-state index in [-0.39, 0.29) is 24.3 Å². The largest absolute Gasteiger partial charge is 0.494 e. The third-order valence-electron chi connectivity index (χ3n) is 5.04. The predicted octanol–water partition coefficient (Wildman–Crippen LogP) is 4.13. The van der Waals surface area contributed by atoms with Crippen molar-refractivity contribution in [3.05, 3.63) is 29.8 Å². The SMILES string of the molecule is CCOC(=O)CCN(C(=O)Cc1ccc(OCC)cc1)C1CCCCCC1. The van der Waals surface area contributed by atoms with Crippen LogP contribution in [0.25, 0.3) is 0 Å². The molecule has 0 radical (unpaired) electrons. The first-order valence-corrected chi connectivity index (χ1v) is 10.3. The van der Waals surface area contributed by atoms with E-state index in [1.807, 2.05) is 36.1 Å².